The minimum absolute atomic E-state index is 0.00490. The van der Waals surface area contributed by atoms with Crippen LogP contribution < -0.4 is 14.5 Å². The zero-order valence-electron chi connectivity index (χ0n) is 19.4. The maximum Gasteiger partial charge on any atom is 0.234 e. The molecule has 11 heteroatoms. The number of rotatable bonds is 4. The highest BCUT2D eigenvalue weighted by molar-refractivity contribution is 7.91. The fourth-order valence-corrected chi connectivity index (χ4v) is 4.74. The van der Waals surface area contributed by atoms with Crippen LogP contribution in [0.5, 0.6) is 5.75 Å². The third-order valence-electron chi connectivity index (χ3n) is 6.53. The Morgan fingerprint density at radius 2 is 1.91 bits per heavy atom. The fraction of sp³-hybridized carbons (Fsp3) is 0.500. The highest BCUT2D eigenvalue weighted by atomic mass is 32.2. The Bertz CT molecular complexity index is 1290. The standard InChI is InChI=1S/C22H28N6O4S/c1-13-10-31-11-14-12-32-17-18(22(2,3)33(5,29)30)25-21(26-19(17)28(13)14)27(4)20-23-15-8-6-7-9-16(15)24-20/h6-9,13-14H,10-12H2,1-5H3,(H,23,24)/t13-,14+/m1/s1. The number of fused-ring (bicyclic) bond motifs is 4. The molecule has 0 bridgehead atoms. The van der Waals surface area contributed by atoms with E-state index in [1.165, 1.54) is 6.26 Å². The number of anilines is 3. The summed E-state index contributed by atoms with van der Waals surface area (Å²) in [6.45, 7) is 6.81. The van der Waals surface area contributed by atoms with E-state index in [1.807, 2.05) is 24.3 Å². The topological polar surface area (TPSA) is 114 Å². The predicted molar refractivity (Wildman–Crippen MR) is 126 cm³/mol. The van der Waals surface area contributed by atoms with Crippen molar-refractivity contribution in [1.82, 2.24) is 19.9 Å². The molecule has 0 amide bonds. The molecular formula is C22H28N6O4S. The van der Waals surface area contributed by atoms with E-state index < -0.39 is 14.6 Å². The maximum absolute atomic E-state index is 12.8. The van der Waals surface area contributed by atoms with E-state index in [9.17, 15) is 8.42 Å². The molecule has 0 radical (unpaired) electrons. The molecule has 0 unspecified atom stereocenters. The van der Waals surface area contributed by atoms with Gasteiger partial charge in [0.1, 0.15) is 17.0 Å². The summed E-state index contributed by atoms with van der Waals surface area (Å²) in [5.41, 5.74) is 2.04. The quantitative estimate of drug-likeness (QED) is 0.611. The van der Waals surface area contributed by atoms with Gasteiger partial charge >= 0.3 is 0 Å². The van der Waals surface area contributed by atoms with Gasteiger partial charge in [-0.15, -0.1) is 0 Å². The van der Waals surface area contributed by atoms with E-state index in [4.69, 9.17) is 19.4 Å². The van der Waals surface area contributed by atoms with Gasteiger partial charge in [-0.3, -0.25) is 4.90 Å². The summed E-state index contributed by atoms with van der Waals surface area (Å²) in [4.78, 5) is 21.4. The molecule has 10 nitrogen and oxygen atoms in total. The van der Waals surface area contributed by atoms with Crippen molar-refractivity contribution in [2.75, 3.05) is 42.9 Å². The van der Waals surface area contributed by atoms with E-state index >= 15 is 0 Å². The summed E-state index contributed by atoms with van der Waals surface area (Å²) < 4.78 is 36.1. The second-order valence-electron chi connectivity index (χ2n) is 9.20. The highest BCUT2D eigenvalue weighted by Gasteiger charge is 2.44. The minimum Gasteiger partial charge on any atom is -0.486 e. The second-order valence-corrected chi connectivity index (χ2v) is 11.8. The number of para-hydroxylation sites is 2. The number of nitrogens with one attached hydrogen (secondary N) is 1. The van der Waals surface area contributed by atoms with Crippen molar-refractivity contribution >= 4 is 38.6 Å². The number of nitrogens with zero attached hydrogens (tertiary/aromatic N) is 5. The van der Waals surface area contributed by atoms with Crippen LogP contribution in [0.4, 0.5) is 17.7 Å². The number of sulfone groups is 1. The summed E-state index contributed by atoms with van der Waals surface area (Å²) in [6, 6.07) is 7.77. The monoisotopic (exact) mass is 472 g/mol. The number of aromatic amines is 1. The van der Waals surface area contributed by atoms with Crippen molar-refractivity contribution in [3.63, 3.8) is 0 Å². The number of ether oxygens (including phenoxy) is 2. The van der Waals surface area contributed by atoms with E-state index in [0.29, 0.717) is 49.0 Å². The first-order valence-corrected chi connectivity index (χ1v) is 12.8. The summed E-state index contributed by atoms with van der Waals surface area (Å²) in [6.07, 6.45) is 1.22. The Hall–Kier alpha value is -2.92. The molecular weight excluding hydrogens is 444 g/mol. The van der Waals surface area contributed by atoms with E-state index in [2.05, 4.69) is 21.8 Å². The lowest BCUT2D eigenvalue weighted by Gasteiger charge is -2.45. The van der Waals surface area contributed by atoms with Crippen molar-refractivity contribution in [2.24, 2.45) is 0 Å². The molecule has 0 aliphatic carbocycles. The van der Waals surface area contributed by atoms with Gasteiger partial charge in [0, 0.05) is 13.3 Å². The van der Waals surface area contributed by atoms with Crippen LogP contribution in [0.3, 0.4) is 0 Å². The number of H-pyrrole nitrogens is 1. The molecule has 1 aromatic carbocycles. The molecule has 2 aliphatic heterocycles. The van der Waals surface area contributed by atoms with Crippen LogP contribution in [0.1, 0.15) is 26.5 Å². The van der Waals surface area contributed by atoms with Gasteiger partial charge in [-0.2, -0.15) is 4.98 Å². The molecule has 176 valence electrons. The Labute approximate surface area is 192 Å². The minimum atomic E-state index is -3.51. The molecule has 0 spiro atoms. The van der Waals surface area contributed by atoms with Crippen LogP contribution in [-0.2, 0) is 19.3 Å². The number of benzene rings is 1. The van der Waals surface area contributed by atoms with Crippen molar-refractivity contribution in [2.45, 2.75) is 37.6 Å². The normalized spacial score (nSPS) is 20.8. The van der Waals surface area contributed by atoms with E-state index in [-0.39, 0.29) is 12.1 Å². The first-order chi connectivity index (χ1) is 15.6. The predicted octanol–water partition coefficient (Wildman–Crippen LogP) is 2.39. The van der Waals surface area contributed by atoms with Crippen molar-refractivity contribution < 1.29 is 17.9 Å². The Morgan fingerprint density at radius 1 is 1.15 bits per heavy atom. The van der Waals surface area contributed by atoms with Gasteiger partial charge in [-0.1, -0.05) is 12.1 Å². The maximum atomic E-state index is 12.8. The number of imidazole rings is 1. The molecule has 0 saturated carbocycles. The lowest BCUT2D eigenvalue weighted by Crippen LogP contribution is -2.56. The van der Waals surface area contributed by atoms with Crippen LogP contribution in [0.15, 0.2) is 24.3 Å². The molecule has 4 heterocycles. The molecule has 2 aromatic heterocycles. The Kier molecular flexibility index (Phi) is 5.02. The van der Waals surface area contributed by atoms with Crippen LogP contribution >= 0.6 is 0 Å². The largest absolute Gasteiger partial charge is 0.486 e. The number of hydrogen-bond donors (Lipinski definition) is 1. The lowest BCUT2D eigenvalue weighted by molar-refractivity contribution is 0.0482. The zero-order chi connectivity index (χ0) is 23.5. The summed E-state index contributed by atoms with van der Waals surface area (Å²) in [7, 11) is -1.71. The molecule has 1 saturated heterocycles. The second kappa shape index (κ2) is 7.56. The van der Waals surface area contributed by atoms with Crippen LogP contribution in [-0.4, -0.2) is 73.6 Å². The van der Waals surface area contributed by atoms with Gasteiger partial charge in [0.05, 0.1) is 36.3 Å². The van der Waals surface area contributed by atoms with Crippen LogP contribution in [0, 0.1) is 0 Å². The molecule has 1 fully saturated rings. The summed E-state index contributed by atoms with van der Waals surface area (Å²) >= 11 is 0. The Morgan fingerprint density at radius 3 is 2.64 bits per heavy atom. The summed E-state index contributed by atoms with van der Waals surface area (Å²) in [5.74, 6) is 1.89. The first-order valence-electron chi connectivity index (χ1n) is 10.9. The molecule has 2 aliphatic rings. The number of morpholine rings is 1. The van der Waals surface area contributed by atoms with Gasteiger partial charge in [0.15, 0.2) is 21.4 Å². The summed E-state index contributed by atoms with van der Waals surface area (Å²) in [5, 5.41) is 0. The van der Waals surface area contributed by atoms with Crippen LogP contribution in [0.25, 0.3) is 11.0 Å². The molecule has 33 heavy (non-hydrogen) atoms. The third-order valence-corrected chi connectivity index (χ3v) is 8.58. The van der Waals surface area contributed by atoms with Gasteiger partial charge in [0.2, 0.25) is 11.9 Å². The Balaban J connectivity index is 1.70. The average Bonchev–Trinajstić information content (AvgIpc) is 3.21. The van der Waals surface area contributed by atoms with Crippen molar-refractivity contribution in [1.29, 1.82) is 0 Å². The number of aromatic nitrogens is 4. The first kappa shape index (κ1) is 21.9. The average molecular weight is 473 g/mol. The van der Waals surface area contributed by atoms with Gasteiger partial charge in [0.25, 0.3) is 0 Å². The zero-order valence-corrected chi connectivity index (χ0v) is 20.2. The van der Waals surface area contributed by atoms with Crippen molar-refractivity contribution in [3.8, 4) is 5.75 Å². The van der Waals surface area contributed by atoms with Gasteiger partial charge < -0.3 is 19.4 Å². The SMILES string of the molecule is C[C@@H]1COC[C@H]2COc3c(nc(N(C)c4nc5ccccc5[nH]4)nc3C(C)(C)S(C)(=O)=O)N21. The number of hydrogen-bond acceptors (Lipinski definition) is 9. The van der Waals surface area contributed by atoms with Gasteiger partial charge in [-0.05, 0) is 32.9 Å². The molecule has 2 atom stereocenters. The van der Waals surface area contributed by atoms with E-state index in [1.54, 1.807) is 25.8 Å². The molecule has 5 rings (SSSR count). The molecule has 3 aromatic rings. The van der Waals surface area contributed by atoms with E-state index in [0.717, 1.165) is 11.0 Å². The molecule has 1 N–H and O–H groups in total. The fourth-order valence-electron chi connectivity index (χ4n) is 4.25. The highest BCUT2D eigenvalue weighted by Crippen LogP contribution is 2.44. The van der Waals surface area contributed by atoms with Gasteiger partial charge in [-0.25, -0.2) is 18.4 Å². The third kappa shape index (κ3) is 3.50. The van der Waals surface area contributed by atoms with Crippen molar-refractivity contribution in [3.05, 3.63) is 30.0 Å². The smallest absolute Gasteiger partial charge is 0.234 e. The van der Waals surface area contributed by atoms with Crippen LogP contribution in [0.2, 0.25) is 0 Å². The lowest BCUT2D eigenvalue weighted by atomic mass is 10.0.